The van der Waals surface area contributed by atoms with Gasteiger partial charge in [0.25, 0.3) is 0 Å². The number of ether oxygens (including phenoxy) is 1. The summed E-state index contributed by atoms with van der Waals surface area (Å²) in [6.07, 6.45) is 7.78. The maximum Gasteiger partial charge on any atom is 0.119 e. The fraction of sp³-hybridized carbons (Fsp3) is 0.647. The molecule has 0 bridgehead atoms. The second-order valence-corrected chi connectivity index (χ2v) is 5.74. The van der Waals surface area contributed by atoms with Crippen LogP contribution in [0.1, 0.15) is 51.0 Å². The average Bonchev–Trinajstić information content (AvgIpc) is 2.47. The molecule has 0 saturated heterocycles. The summed E-state index contributed by atoms with van der Waals surface area (Å²) in [5, 5.41) is 3.39. The molecule has 1 aromatic rings. The van der Waals surface area contributed by atoms with Crippen molar-refractivity contribution in [2.75, 3.05) is 20.2 Å². The predicted octanol–water partition coefficient (Wildman–Crippen LogP) is 3.90. The molecule has 1 fully saturated rings. The molecule has 2 nitrogen and oxygen atoms in total. The first-order valence-electron chi connectivity index (χ1n) is 7.69. The molecule has 0 aromatic heterocycles. The van der Waals surface area contributed by atoms with E-state index in [1.165, 1.54) is 37.7 Å². The average molecular weight is 261 g/mol. The lowest BCUT2D eigenvalue weighted by Crippen LogP contribution is -2.38. The van der Waals surface area contributed by atoms with E-state index >= 15 is 0 Å². The van der Waals surface area contributed by atoms with Crippen molar-refractivity contribution in [3.63, 3.8) is 0 Å². The fourth-order valence-corrected chi connectivity index (χ4v) is 3.26. The van der Waals surface area contributed by atoms with Gasteiger partial charge in [0.15, 0.2) is 0 Å². The summed E-state index contributed by atoms with van der Waals surface area (Å²) in [5.41, 5.74) is 1.82. The topological polar surface area (TPSA) is 21.3 Å². The Morgan fingerprint density at radius 2 is 1.79 bits per heavy atom. The van der Waals surface area contributed by atoms with Crippen LogP contribution >= 0.6 is 0 Å². The first kappa shape index (κ1) is 14.4. The first-order valence-corrected chi connectivity index (χ1v) is 7.69. The normalized spacial score (nSPS) is 18.2. The third-order valence-corrected chi connectivity index (χ3v) is 4.27. The molecular formula is C17H27NO. The lowest BCUT2D eigenvalue weighted by Gasteiger charge is -2.38. The van der Waals surface area contributed by atoms with Crippen LogP contribution in [-0.4, -0.2) is 20.2 Å². The van der Waals surface area contributed by atoms with Crippen molar-refractivity contribution >= 4 is 0 Å². The van der Waals surface area contributed by atoms with Gasteiger partial charge in [0.05, 0.1) is 6.61 Å². The zero-order valence-electron chi connectivity index (χ0n) is 12.4. The largest absolute Gasteiger partial charge is 0.494 e. The Labute approximate surface area is 117 Å². The molecule has 1 aromatic carbocycles. The maximum atomic E-state index is 5.67. The summed E-state index contributed by atoms with van der Waals surface area (Å²) in [7, 11) is 2.06. The Morgan fingerprint density at radius 3 is 2.37 bits per heavy atom. The molecule has 0 atom stereocenters. The van der Waals surface area contributed by atoms with Gasteiger partial charge in [-0.2, -0.15) is 0 Å². The molecule has 1 aliphatic carbocycles. The highest BCUT2D eigenvalue weighted by molar-refractivity contribution is 5.33. The molecule has 1 N–H and O–H groups in total. The molecule has 1 aliphatic rings. The SMILES string of the molecule is CCCOc1ccc(C2(CNC)CCCCC2)cc1. The van der Waals surface area contributed by atoms with E-state index in [4.69, 9.17) is 4.74 Å². The highest BCUT2D eigenvalue weighted by Crippen LogP contribution is 2.39. The molecule has 2 rings (SSSR count). The minimum Gasteiger partial charge on any atom is -0.494 e. The van der Waals surface area contributed by atoms with Gasteiger partial charge in [-0.1, -0.05) is 38.3 Å². The second-order valence-electron chi connectivity index (χ2n) is 5.74. The Kier molecular flexibility index (Phi) is 5.26. The van der Waals surface area contributed by atoms with Crippen molar-refractivity contribution in [2.45, 2.75) is 50.9 Å². The van der Waals surface area contributed by atoms with Gasteiger partial charge >= 0.3 is 0 Å². The Morgan fingerprint density at radius 1 is 1.11 bits per heavy atom. The zero-order chi connectivity index (χ0) is 13.6. The minimum absolute atomic E-state index is 0.344. The van der Waals surface area contributed by atoms with Crippen LogP contribution in [0.4, 0.5) is 0 Å². The molecular weight excluding hydrogens is 234 g/mol. The van der Waals surface area contributed by atoms with E-state index in [1.54, 1.807) is 0 Å². The van der Waals surface area contributed by atoms with E-state index in [0.29, 0.717) is 5.41 Å². The van der Waals surface area contributed by atoms with Crippen molar-refractivity contribution < 1.29 is 4.74 Å². The Bertz CT molecular complexity index is 360. The third-order valence-electron chi connectivity index (χ3n) is 4.27. The number of likely N-dealkylation sites (N-methyl/N-ethyl adjacent to an activating group) is 1. The molecule has 0 heterocycles. The Balaban J connectivity index is 2.12. The molecule has 106 valence electrons. The summed E-state index contributed by atoms with van der Waals surface area (Å²) in [5.74, 6) is 1.00. The molecule has 0 spiro atoms. The summed E-state index contributed by atoms with van der Waals surface area (Å²) < 4.78 is 5.67. The minimum atomic E-state index is 0.344. The van der Waals surface area contributed by atoms with Gasteiger partial charge < -0.3 is 10.1 Å². The first-order chi connectivity index (χ1) is 9.30. The summed E-state index contributed by atoms with van der Waals surface area (Å²) >= 11 is 0. The van der Waals surface area contributed by atoms with E-state index in [1.807, 2.05) is 0 Å². The monoisotopic (exact) mass is 261 g/mol. The second kappa shape index (κ2) is 6.95. The van der Waals surface area contributed by atoms with Crippen molar-refractivity contribution in [1.29, 1.82) is 0 Å². The summed E-state index contributed by atoms with van der Waals surface area (Å²) in [6, 6.07) is 8.81. The van der Waals surface area contributed by atoms with Crippen LogP contribution in [0, 0.1) is 0 Å². The molecule has 0 radical (unpaired) electrons. The molecule has 1 saturated carbocycles. The van der Waals surface area contributed by atoms with Crippen molar-refractivity contribution in [3.05, 3.63) is 29.8 Å². The number of nitrogens with one attached hydrogen (secondary N) is 1. The van der Waals surface area contributed by atoms with E-state index in [0.717, 1.165) is 25.3 Å². The van der Waals surface area contributed by atoms with Crippen LogP contribution in [0.25, 0.3) is 0 Å². The van der Waals surface area contributed by atoms with Gasteiger partial charge in [-0.3, -0.25) is 0 Å². The van der Waals surface area contributed by atoms with E-state index in [9.17, 15) is 0 Å². The van der Waals surface area contributed by atoms with Crippen molar-refractivity contribution in [3.8, 4) is 5.75 Å². The Hall–Kier alpha value is -1.02. The quantitative estimate of drug-likeness (QED) is 0.838. The number of rotatable bonds is 6. The van der Waals surface area contributed by atoms with Gasteiger partial charge in [0, 0.05) is 12.0 Å². The van der Waals surface area contributed by atoms with Crippen LogP contribution < -0.4 is 10.1 Å². The van der Waals surface area contributed by atoms with Crippen molar-refractivity contribution in [1.82, 2.24) is 5.32 Å². The smallest absolute Gasteiger partial charge is 0.119 e. The number of benzene rings is 1. The van der Waals surface area contributed by atoms with Gasteiger partial charge in [-0.05, 0) is 44.0 Å². The lowest BCUT2D eigenvalue weighted by atomic mass is 9.69. The van der Waals surface area contributed by atoms with Gasteiger partial charge in [-0.15, -0.1) is 0 Å². The number of hydrogen-bond acceptors (Lipinski definition) is 2. The van der Waals surface area contributed by atoms with E-state index in [2.05, 4.69) is 43.6 Å². The van der Waals surface area contributed by atoms with Crippen LogP contribution in [0.5, 0.6) is 5.75 Å². The standard InChI is InChI=1S/C17H27NO/c1-3-13-19-16-9-7-15(8-10-16)17(14-18-2)11-5-4-6-12-17/h7-10,18H,3-6,11-14H2,1-2H3. The third kappa shape index (κ3) is 3.50. The summed E-state index contributed by atoms with van der Waals surface area (Å²) in [6.45, 7) is 4.03. The highest BCUT2D eigenvalue weighted by Gasteiger charge is 2.32. The maximum absolute atomic E-state index is 5.67. The van der Waals surface area contributed by atoms with Crippen LogP contribution in [-0.2, 0) is 5.41 Å². The zero-order valence-corrected chi connectivity index (χ0v) is 12.4. The van der Waals surface area contributed by atoms with Crippen LogP contribution in [0.15, 0.2) is 24.3 Å². The van der Waals surface area contributed by atoms with Crippen molar-refractivity contribution in [2.24, 2.45) is 0 Å². The lowest BCUT2D eigenvalue weighted by molar-refractivity contribution is 0.285. The van der Waals surface area contributed by atoms with Crippen LogP contribution in [0.3, 0.4) is 0 Å². The van der Waals surface area contributed by atoms with Gasteiger partial charge in [-0.25, -0.2) is 0 Å². The number of hydrogen-bond donors (Lipinski definition) is 1. The van der Waals surface area contributed by atoms with Gasteiger partial charge in [0.1, 0.15) is 5.75 Å². The molecule has 0 amide bonds. The molecule has 19 heavy (non-hydrogen) atoms. The van der Waals surface area contributed by atoms with Gasteiger partial charge in [0.2, 0.25) is 0 Å². The predicted molar refractivity (Wildman–Crippen MR) is 80.9 cm³/mol. The highest BCUT2D eigenvalue weighted by atomic mass is 16.5. The fourth-order valence-electron chi connectivity index (χ4n) is 3.26. The van der Waals surface area contributed by atoms with Crippen LogP contribution in [0.2, 0.25) is 0 Å². The molecule has 0 aliphatic heterocycles. The van der Waals surface area contributed by atoms with E-state index < -0.39 is 0 Å². The molecule has 0 unspecified atom stereocenters. The van der Waals surface area contributed by atoms with E-state index in [-0.39, 0.29) is 0 Å². The summed E-state index contributed by atoms with van der Waals surface area (Å²) in [4.78, 5) is 0. The molecule has 2 heteroatoms.